The fourth-order valence-electron chi connectivity index (χ4n) is 4.13. The zero-order valence-corrected chi connectivity index (χ0v) is 18.9. The Hall–Kier alpha value is -3.12. The van der Waals surface area contributed by atoms with Crippen molar-refractivity contribution in [2.24, 2.45) is 0 Å². The summed E-state index contributed by atoms with van der Waals surface area (Å²) >= 11 is 0. The molecule has 0 N–H and O–H groups in total. The Bertz CT molecular complexity index is 1140. The summed E-state index contributed by atoms with van der Waals surface area (Å²) in [6.07, 6.45) is 0. The molecule has 0 heteroatoms. The van der Waals surface area contributed by atoms with Gasteiger partial charge < -0.3 is 0 Å². The van der Waals surface area contributed by atoms with E-state index in [2.05, 4.69) is 114 Å². The standard InChI is InChI=1S/C30H30/c1-19-7-9-25(15-21(19)3)27-11-13-29(23(5)17-27)30-14-12-28(18-24(30)6)26-10-8-20(2)22(4)16-26/h7-18H,1-6H3. The Morgan fingerprint density at radius 2 is 0.600 bits per heavy atom. The van der Waals surface area contributed by atoms with Crippen molar-refractivity contribution < 1.29 is 0 Å². The normalized spacial score (nSPS) is 11.0. The monoisotopic (exact) mass is 390 g/mol. The quantitative estimate of drug-likeness (QED) is 0.329. The van der Waals surface area contributed by atoms with Gasteiger partial charge in [-0.2, -0.15) is 0 Å². The maximum atomic E-state index is 2.32. The van der Waals surface area contributed by atoms with E-state index in [1.165, 1.54) is 66.8 Å². The smallest absolute Gasteiger partial charge is 0.0152 e. The molecule has 150 valence electrons. The molecule has 0 unspecified atom stereocenters. The van der Waals surface area contributed by atoms with Gasteiger partial charge in [0.1, 0.15) is 0 Å². The summed E-state index contributed by atoms with van der Waals surface area (Å²) in [7, 11) is 0. The van der Waals surface area contributed by atoms with Crippen LogP contribution < -0.4 is 0 Å². The summed E-state index contributed by atoms with van der Waals surface area (Å²) in [4.78, 5) is 0. The topological polar surface area (TPSA) is 0 Å². The van der Waals surface area contributed by atoms with E-state index in [-0.39, 0.29) is 0 Å². The molecule has 0 amide bonds. The molecule has 0 fully saturated rings. The first kappa shape index (κ1) is 20.2. The first-order chi connectivity index (χ1) is 14.3. The lowest BCUT2D eigenvalue weighted by Gasteiger charge is -2.14. The van der Waals surface area contributed by atoms with Gasteiger partial charge in [-0.1, -0.05) is 72.8 Å². The van der Waals surface area contributed by atoms with Crippen LogP contribution in [0.2, 0.25) is 0 Å². The average molecular weight is 391 g/mol. The third kappa shape index (κ3) is 3.83. The molecule has 0 aliphatic carbocycles. The lowest BCUT2D eigenvalue weighted by atomic mass is 9.90. The lowest BCUT2D eigenvalue weighted by molar-refractivity contribution is 1.33. The van der Waals surface area contributed by atoms with Gasteiger partial charge >= 0.3 is 0 Å². The minimum absolute atomic E-state index is 1.28. The van der Waals surface area contributed by atoms with Crippen LogP contribution in [-0.4, -0.2) is 0 Å². The maximum Gasteiger partial charge on any atom is -0.0152 e. The highest BCUT2D eigenvalue weighted by Gasteiger charge is 2.09. The van der Waals surface area contributed by atoms with Crippen LogP contribution >= 0.6 is 0 Å². The van der Waals surface area contributed by atoms with E-state index in [0.29, 0.717) is 0 Å². The Morgan fingerprint density at radius 3 is 0.900 bits per heavy atom. The third-order valence-corrected chi connectivity index (χ3v) is 6.42. The number of hydrogen-bond donors (Lipinski definition) is 0. The number of hydrogen-bond acceptors (Lipinski definition) is 0. The minimum Gasteiger partial charge on any atom is -0.0584 e. The van der Waals surface area contributed by atoms with Crippen LogP contribution in [0, 0.1) is 41.5 Å². The predicted molar refractivity (Wildman–Crippen MR) is 131 cm³/mol. The molecule has 0 heterocycles. The van der Waals surface area contributed by atoms with E-state index >= 15 is 0 Å². The van der Waals surface area contributed by atoms with Crippen LogP contribution in [0.1, 0.15) is 33.4 Å². The van der Waals surface area contributed by atoms with Gasteiger partial charge in [0.25, 0.3) is 0 Å². The lowest BCUT2D eigenvalue weighted by Crippen LogP contribution is -1.91. The van der Waals surface area contributed by atoms with Gasteiger partial charge in [0.15, 0.2) is 0 Å². The van der Waals surface area contributed by atoms with E-state index in [9.17, 15) is 0 Å². The molecular weight excluding hydrogens is 360 g/mol. The number of benzene rings is 4. The second-order valence-electron chi connectivity index (χ2n) is 8.66. The fourth-order valence-corrected chi connectivity index (χ4v) is 4.13. The van der Waals surface area contributed by atoms with Crippen LogP contribution in [0.4, 0.5) is 0 Å². The Kier molecular flexibility index (Phi) is 5.35. The molecule has 0 bridgehead atoms. The van der Waals surface area contributed by atoms with Crippen molar-refractivity contribution >= 4 is 0 Å². The molecule has 0 atom stereocenters. The molecule has 0 aliphatic heterocycles. The maximum absolute atomic E-state index is 2.32. The third-order valence-electron chi connectivity index (χ3n) is 6.42. The van der Waals surface area contributed by atoms with Crippen LogP contribution in [0.15, 0.2) is 72.8 Å². The van der Waals surface area contributed by atoms with Gasteiger partial charge in [0.2, 0.25) is 0 Å². The molecule has 0 saturated carbocycles. The van der Waals surface area contributed by atoms with Crippen LogP contribution in [-0.2, 0) is 0 Å². The van der Waals surface area contributed by atoms with Crippen molar-refractivity contribution in [2.75, 3.05) is 0 Å². The van der Waals surface area contributed by atoms with Crippen molar-refractivity contribution in [3.05, 3.63) is 106 Å². The molecule has 0 spiro atoms. The zero-order chi connectivity index (χ0) is 21.4. The van der Waals surface area contributed by atoms with Crippen molar-refractivity contribution in [1.82, 2.24) is 0 Å². The Labute approximate surface area is 181 Å². The van der Waals surface area contributed by atoms with Gasteiger partial charge in [-0.05, 0) is 108 Å². The van der Waals surface area contributed by atoms with Gasteiger partial charge in [-0.3, -0.25) is 0 Å². The first-order valence-corrected chi connectivity index (χ1v) is 10.7. The summed E-state index contributed by atoms with van der Waals surface area (Å²) in [5.74, 6) is 0. The summed E-state index contributed by atoms with van der Waals surface area (Å²) in [6, 6.07) is 27.1. The molecule has 4 aromatic rings. The SMILES string of the molecule is Cc1ccc(-c2ccc(-c3ccc(-c4ccc(C)c(C)c4)cc3C)c(C)c2)cc1C. The highest BCUT2D eigenvalue weighted by atomic mass is 14.1. The fraction of sp³-hybridized carbons (Fsp3) is 0.200. The van der Waals surface area contributed by atoms with Crippen molar-refractivity contribution in [1.29, 1.82) is 0 Å². The van der Waals surface area contributed by atoms with Crippen LogP contribution in [0.25, 0.3) is 33.4 Å². The van der Waals surface area contributed by atoms with Gasteiger partial charge in [-0.25, -0.2) is 0 Å². The van der Waals surface area contributed by atoms with Crippen molar-refractivity contribution in [3.63, 3.8) is 0 Å². The van der Waals surface area contributed by atoms with Crippen molar-refractivity contribution in [2.45, 2.75) is 41.5 Å². The highest BCUT2D eigenvalue weighted by molar-refractivity contribution is 5.78. The second kappa shape index (κ2) is 7.95. The van der Waals surface area contributed by atoms with Gasteiger partial charge in [0, 0.05) is 0 Å². The molecule has 4 rings (SSSR count). The van der Waals surface area contributed by atoms with Gasteiger partial charge in [0.05, 0.1) is 0 Å². The number of rotatable bonds is 3. The average Bonchev–Trinajstić information content (AvgIpc) is 2.72. The molecule has 30 heavy (non-hydrogen) atoms. The second-order valence-corrected chi connectivity index (χ2v) is 8.66. The van der Waals surface area contributed by atoms with E-state index in [0.717, 1.165) is 0 Å². The number of aryl methyl sites for hydroxylation is 6. The Morgan fingerprint density at radius 1 is 0.300 bits per heavy atom. The molecule has 0 radical (unpaired) electrons. The Balaban J connectivity index is 1.70. The van der Waals surface area contributed by atoms with Crippen molar-refractivity contribution in [3.8, 4) is 33.4 Å². The molecule has 0 aromatic heterocycles. The summed E-state index contributed by atoms with van der Waals surface area (Å²) in [6.45, 7) is 13.1. The van der Waals surface area contributed by atoms with E-state index in [1.54, 1.807) is 0 Å². The zero-order valence-electron chi connectivity index (χ0n) is 18.9. The molecule has 0 aliphatic rings. The molecule has 0 saturated heterocycles. The predicted octanol–water partition coefficient (Wildman–Crippen LogP) is 8.54. The van der Waals surface area contributed by atoms with E-state index in [4.69, 9.17) is 0 Å². The largest absolute Gasteiger partial charge is 0.0584 e. The summed E-state index contributed by atoms with van der Waals surface area (Å²) in [5.41, 5.74) is 15.7. The molecule has 4 aromatic carbocycles. The summed E-state index contributed by atoms with van der Waals surface area (Å²) < 4.78 is 0. The minimum atomic E-state index is 1.28. The molecule has 0 nitrogen and oxygen atoms in total. The van der Waals surface area contributed by atoms with Crippen LogP contribution in [0.3, 0.4) is 0 Å². The van der Waals surface area contributed by atoms with E-state index < -0.39 is 0 Å². The summed E-state index contributed by atoms with van der Waals surface area (Å²) in [5, 5.41) is 0. The first-order valence-electron chi connectivity index (χ1n) is 10.7. The van der Waals surface area contributed by atoms with E-state index in [1.807, 2.05) is 0 Å². The molecular formula is C30H30. The van der Waals surface area contributed by atoms with Gasteiger partial charge in [-0.15, -0.1) is 0 Å². The highest BCUT2D eigenvalue weighted by Crippen LogP contribution is 2.33. The van der Waals surface area contributed by atoms with Crippen LogP contribution in [0.5, 0.6) is 0 Å².